The maximum Gasteiger partial charge on any atom is 0.0513 e. The third kappa shape index (κ3) is 5.45. The molecule has 0 amide bonds. The smallest absolute Gasteiger partial charge is 0.0513 e. The summed E-state index contributed by atoms with van der Waals surface area (Å²) in [6.45, 7) is 15.4. The molecule has 0 saturated carbocycles. The molecule has 1 rings (SSSR count). The van der Waals surface area contributed by atoms with Crippen molar-refractivity contribution in [3.8, 4) is 0 Å². The molecule has 0 aliphatic rings. The van der Waals surface area contributed by atoms with Crippen LogP contribution in [0.4, 0.5) is 5.69 Å². The Morgan fingerprint density at radius 3 is 2.20 bits per heavy atom. The van der Waals surface area contributed by atoms with Crippen molar-refractivity contribution in [2.45, 2.75) is 60.2 Å². The summed E-state index contributed by atoms with van der Waals surface area (Å²) in [4.78, 5) is 2.47. The highest BCUT2D eigenvalue weighted by Gasteiger charge is 2.15. The van der Waals surface area contributed by atoms with Crippen molar-refractivity contribution in [3.63, 3.8) is 0 Å². The Morgan fingerprint density at radius 2 is 1.75 bits per heavy atom. The Morgan fingerprint density at radius 1 is 1.10 bits per heavy atom. The summed E-state index contributed by atoms with van der Waals surface area (Å²) in [7, 11) is 0. The van der Waals surface area contributed by atoms with Crippen molar-refractivity contribution in [1.29, 1.82) is 0 Å². The van der Waals surface area contributed by atoms with Crippen molar-refractivity contribution in [1.82, 2.24) is 5.32 Å². The zero-order valence-electron chi connectivity index (χ0n) is 13.7. The minimum atomic E-state index is 0.508. The van der Waals surface area contributed by atoms with E-state index in [1.807, 2.05) is 0 Å². The highest BCUT2D eigenvalue weighted by Crippen LogP contribution is 2.29. The number of halogens is 1. The van der Waals surface area contributed by atoms with Crippen molar-refractivity contribution < 1.29 is 0 Å². The van der Waals surface area contributed by atoms with Crippen LogP contribution in [-0.4, -0.2) is 18.6 Å². The lowest BCUT2D eigenvalue weighted by molar-refractivity contribution is 0.569. The Balaban J connectivity index is 2.89. The zero-order chi connectivity index (χ0) is 15.3. The fourth-order valence-corrected chi connectivity index (χ4v) is 2.85. The highest BCUT2D eigenvalue weighted by atomic mass is 79.9. The summed E-state index contributed by atoms with van der Waals surface area (Å²) in [6.07, 6.45) is 0. The van der Waals surface area contributed by atoms with Gasteiger partial charge in [0.25, 0.3) is 0 Å². The number of hydrogen-bond donors (Lipinski definition) is 1. The normalized spacial score (nSPS) is 11.7. The number of anilines is 1. The molecule has 0 atom stereocenters. The molecule has 1 aromatic carbocycles. The van der Waals surface area contributed by atoms with Gasteiger partial charge in [-0.3, -0.25) is 0 Å². The first-order valence-electron chi connectivity index (χ1n) is 7.59. The number of nitrogens with one attached hydrogen (secondary N) is 1. The second-order valence-electron chi connectivity index (χ2n) is 6.46. The first kappa shape index (κ1) is 17.5. The average Bonchev–Trinajstić information content (AvgIpc) is 2.33. The van der Waals surface area contributed by atoms with Crippen molar-refractivity contribution >= 4 is 21.6 Å². The van der Waals surface area contributed by atoms with Gasteiger partial charge in [-0.15, -0.1) is 0 Å². The van der Waals surface area contributed by atoms with Gasteiger partial charge in [0, 0.05) is 29.6 Å². The molecule has 20 heavy (non-hydrogen) atoms. The largest absolute Gasteiger partial charge is 0.368 e. The predicted octanol–water partition coefficient (Wildman–Crippen LogP) is 4.82. The van der Waals surface area contributed by atoms with Crippen LogP contribution in [0.25, 0.3) is 0 Å². The second kappa shape index (κ2) is 8.04. The van der Waals surface area contributed by atoms with Crippen LogP contribution in [0.1, 0.15) is 47.1 Å². The molecule has 0 aliphatic carbocycles. The standard InChI is InChI=1S/C17H29BrN2/c1-12(2)11-20(14(5)6)17-8-7-15(9-16(17)18)10-19-13(3)4/h7-9,12-14,19H,10-11H2,1-6H3. The van der Waals surface area contributed by atoms with E-state index in [2.05, 4.69) is 85.9 Å². The van der Waals surface area contributed by atoms with Crippen LogP contribution < -0.4 is 10.2 Å². The van der Waals surface area contributed by atoms with Crippen LogP contribution in [-0.2, 0) is 6.54 Å². The van der Waals surface area contributed by atoms with Crippen LogP contribution in [0.2, 0.25) is 0 Å². The number of hydrogen-bond acceptors (Lipinski definition) is 2. The Kier molecular flexibility index (Phi) is 7.04. The van der Waals surface area contributed by atoms with Crippen molar-refractivity contribution in [3.05, 3.63) is 28.2 Å². The molecule has 0 bridgehead atoms. The molecule has 0 spiro atoms. The van der Waals surface area contributed by atoms with Crippen LogP contribution in [0.3, 0.4) is 0 Å². The first-order valence-corrected chi connectivity index (χ1v) is 8.39. The monoisotopic (exact) mass is 340 g/mol. The number of rotatable bonds is 7. The van der Waals surface area contributed by atoms with E-state index < -0.39 is 0 Å². The summed E-state index contributed by atoms with van der Waals surface area (Å²) in [5, 5.41) is 3.46. The van der Waals surface area contributed by atoms with Crippen LogP contribution >= 0.6 is 15.9 Å². The summed E-state index contributed by atoms with van der Waals surface area (Å²) >= 11 is 3.74. The molecule has 0 radical (unpaired) electrons. The lowest BCUT2D eigenvalue weighted by atomic mass is 10.1. The molecule has 0 fully saturated rings. The minimum Gasteiger partial charge on any atom is -0.368 e. The topological polar surface area (TPSA) is 15.3 Å². The maximum absolute atomic E-state index is 3.74. The van der Waals surface area contributed by atoms with Crippen LogP contribution in [0.5, 0.6) is 0 Å². The fourth-order valence-electron chi connectivity index (χ4n) is 2.20. The maximum atomic E-state index is 3.74. The van der Waals surface area contributed by atoms with Gasteiger partial charge >= 0.3 is 0 Å². The molecule has 0 heterocycles. The molecule has 0 aromatic heterocycles. The third-order valence-corrected chi connectivity index (χ3v) is 3.86. The van der Waals surface area contributed by atoms with E-state index in [4.69, 9.17) is 0 Å². The summed E-state index contributed by atoms with van der Waals surface area (Å²) in [5.41, 5.74) is 2.62. The van der Waals surface area contributed by atoms with E-state index in [1.54, 1.807) is 0 Å². The first-order chi connectivity index (χ1) is 9.31. The molecule has 1 N–H and O–H groups in total. The Hall–Kier alpha value is -0.540. The van der Waals surface area contributed by atoms with Gasteiger partial charge < -0.3 is 10.2 Å². The van der Waals surface area contributed by atoms with E-state index in [1.165, 1.54) is 15.7 Å². The SMILES string of the molecule is CC(C)CN(c1ccc(CNC(C)C)cc1Br)C(C)C. The molecule has 0 saturated heterocycles. The van der Waals surface area contributed by atoms with E-state index >= 15 is 0 Å². The van der Waals surface area contributed by atoms with E-state index in [-0.39, 0.29) is 0 Å². The fraction of sp³-hybridized carbons (Fsp3) is 0.647. The second-order valence-corrected chi connectivity index (χ2v) is 7.32. The number of nitrogens with zero attached hydrogens (tertiary/aromatic N) is 1. The Bertz CT molecular complexity index is 413. The lowest BCUT2D eigenvalue weighted by Gasteiger charge is -2.32. The average molecular weight is 341 g/mol. The highest BCUT2D eigenvalue weighted by molar-refractivity contribution is 9.10. The quantitative estimate of drug-likeness (QED) is 0.765. The zero-order valence-corrected chi connectivity index (χ0v) is 15.3. The molecule has 2 nitrogen and oxygen atoms in total. The van der Waals surface area contributed by atoms with Gasteiger partial charge in [-0.2, -0.15) is 0 Å². The van der Waals surface area contributed by atoms with E-state index in [0.29, 0.717) is 18.0 Å². The molecule has 3 heteroatoms. The molecular weight excluding hydrogens is 312 g/mol. The molecular formula is C17H29BrN2. The van der Waals surface area contributed by atoms with Crippen molar-refractivity contribution in [2.75, 3.05) is 11.4 Å². The third-order valence-electron chi connectivity index (χ3n) is 3.22. The lowest BCUT2D eigenvalue weighted by Crippen LogP contribution is -2.34. The van der Waals surface area contributed by atoms with Crippen LogP contribution in [0, 0.1) is 5.92 Å². The number of benzene rings is 1. The van der Waals surface area contributed by atoms with Gasteiger partial charge in [-0.1, -0.05) is 33.8 Å². The van der Waals surface area contributed by atoms with Gasteiger partial charge in [0.15, 0.2) is 0 Å². The Labute approximate surface area is 133 Å². The summed E-state index contributed by atoms with van der Waals surface area (Å²) in [5.74, 6) is 0.659. The van der Waals surface area contributed by atoms with Gasteiger partial charge in [-0.25, -0.2) is 0 Å². The van der Waals surface area contributed by atoms with E-state index in [9.17, 15) is 0 Å². The van der Waals surface area contributed by atoms with Gasteiger partial charge in [0.1, 0.15) is 0 Å². The molecule has 0 aliphatic heterocycles. The minimum absolute atomic E-state index is 0.508. The van der Waals surface area contributed by atoms with Crippen LogP contribution in [0.15, 0.2) is 22.7 Å². The van der Waals surface area contributed by atoms with E-state index in [0.717, 1.165) is 13.1 Å². The molecule has 114 valence electrons. The van der Waals surface area contributed by atoms with Gasteiger partial charge in [-0.05, 0) is 53.4 Å². The van der Waals surface area contributed by atoms with Crippen molar-refractivity contribution in [2.24, 2.45) is 5.92 Å². The van der Waals surface area contributed by atoms with Gasteiger partial charge in [0.2, 0.25) is 0 Å². The summed E-state index contributed by atoms with van der Waals surface area (Å²) < 4.78 is 1.19. The molecule has 1 aromatic rings. The van der Waals surface area contributed by atoms with Gasteiger partial charge in [0.05, 0.1) is 5.69 Å². The molecule has 0 unspecified atom stereocenters. The predicted molar refractivity (Wildman–Crippen MR) is 93.4 cm³/mol. The summed E-state index contributed by atoms with van der Waals surface area (Å²) in [6, 6.07) is 7.73.